The summed E-state index contributed by atoms with van der Waals surface area (Å²) < 4.78 is 0. The van der Waals surface area contributed by atoms with Gasteiger partial charge in [0.15, 0.2) is 0 Å². The summed E-state index contributed by atoms with van der Waals surface area (Å²) in [5, 5.41) is 13.5. The molecule has 2 rings (SSSR count). The highest BCUT2D eigenvalue weighted by molar-refractivity contribution is 6.30. The summed E-state index contributed by atoms with van der Waals surface area (Å²) in [4.78, 5) is 0. The molecule has 1 aliphatic heterocycles. The van der Waals surface area contributed by atoms with E-state index in [1.165, 1.54) is 5.56 Å². The molecule has 0 aromatic heterocycles. The van der Waals surface area contributed by atoms with Gasteiger partial charge in [-0.05, 0) is 30.7 Å². The van der Waals surface area contributed by atoms with Crippen molar-refractivity contribution in [2.45, 2.75) is 11.8 Å². The minimum Gasteiger partial charge on any atom is -0.395 e. The normalized spacial score (nSPS) is 26.7. The van der Waals surface area contributed by atoms with Crippen molar-refractivity contribution in [1.29, 1.82) is 0 Å². The van der Waals surface area contributed by atoms with Gasteiger partial charge in [0.05, 0.1) is 6.61 Å². The Labute approximate surface area is 88.9 Å². The lowest BCUT2D eigenvalue weighted by Gasteiger charge is -2.26. The molecule has 2 nitrogen and oxygen atoms in total. The van der Waals surface area contributed by atoms with E-state index in [1.807, 2.05) is 24.3 Å². The molecule has 1 fully saturated rings. The predicted molar refractivity (Wildman–Crippen MR) is 57.7 cm³/mol. The average Bonchev–Trinajstić information content (AvgIpc) is 2.68. The first kappa shape index (κ1) is 9.97. The van der Waals surface area contributed by atoms with E-state index in [0.29, 0.717) is 0 Å². The molecule has 76 valence electrons. The third kappa shape index (κ3) is 1.65. The molecule has 14 heavy (non-hydrogen) atoms. The Hall–Kier alpha value is -0.570. The number of rotatable bonds is 2. The quantitative estimate of drug-likeness (QED) is 0.779. The largest absolute Gasteiger partial charge is 0.395 e. The van der Waals surface area contributed by atoms with E-state index >= 15 is 0 Å². The number of aliphatic hydroxyl groups excluding tert-OH is 1. The minimum absolute atomic E-state index is 0.0927. The Morgan fingerprint density at radius 2 is 2.07 bits per heavy atom. The molecule has 1 aromatic carbocycles. The molecule has 0 saturated carbocycles. The van der Waals surface area contributed by atoms with E-state index < -0.39 is 0 Å². The van der Waals surface area contributed by atoms with Crippen LogP contribution in [0.4, 0.5) is 0 Å². The second-order valence-electron chi connectivity index (χ2n) is 3.87. The van der Waals surface area contributed by atoms with Gasteiger partial charge < -0.3 is 10.4 Å². The van der Waals surface area contributed by atoms with Crippen molar-refractivity contribution in [2.24, 2.45) is 0 Å². The summed E-state index contributed by atoms with van der Waals surface area (Å²) in [5.41, 5.74) is 1.08. The molecule has 1 saturated heterocycles. The maximum atomic E-state index is 9.47. The lowest BCUT2D eigenvalue weighted by atomic mass is 9.80. The molecule has 1 aromatic rings. The molecule has 3 heteroatoms. The summed E-state index contributed by atoms with van der Waals surface area (Å²) in [6, 6.07) is 7.77. The van der Waals surface area contributed by atoms with Gasteiger partial charge in [-0.3, -0.25) is 0 Å². The lowest BCUT2D eigenvalue weighted by Crippen LogP contribution is -2.32. The Bertz CT molecular complexity index is 304. The molecule has 0 aliphatic carbocycles. The van der Waals surface area contributed by atoms with Gasteiger partial charge in [-0.15, -0.1) is 0 Å². The maximum absolute atomic E-state index is 9.47. The van der Waals surface area contributed by atoms with Crippen molar-refractivity contribution in [1.82, 2.24) is 5.32 Å². The van der Waals surface area contributed by atoms with Crippen molar-refractivity contribution in [3.05, 3.63) is 34.9 Å². The van der Waals surface area contributed by atoms with Crippen LogP contribution in [0.1, 0.15) is 12.0 Å². The summed E-state index contributed by atoms with van der Waals surface area (Å²) in [6.07, 6.45) is 0.991. The standard InChI is InChI=1S/C11H14ClNO/c12-10-3-1-9(2-4-10)11(8-14)5-6-13-7-11/h1-4,13-14H,5-8H2. The second-order valence-corrected chi connectivity index (χ2v) is 4.31. The summed E-state index contributed by atoms with van der Waals surface area (Å²) >= 11 is 5.83. The first-order valence-electron chi connectivity index (χ1n) is 4.84. The molecular formula is C11H14ClNO. The van der Waals surface area contributed by atoms with Gasteiger partial charge in [-0.2, -0.15) is 0 Å². The topological polar surface area (TPSA) is 32.3 Å². The van der Waals surface area contributed by atoms with Gasteiger partial charge >= 0.3 is 0 Å². The fourth-order valence-corrected chi connectivity index (χ4v) is 2.15. The first-order chi connectivity index (χ1) is 6.77. The van der Waals surface area contributed by atoms with Crippen LogP contribution in [0.2, 0.25) is 5.02 Å². The van der Waals surface area contributed by atoms with Crippen LogP contribution in [0.5, 0.6) is 0 Å². The van der Waals surface area contributed by atoms with Crippen molar-refractivity contribution in [3.8, 4) is 0 Å². The molecule has 1 heterocycles. The third-order valence-electron chi connectivity index (χ3n) is 3.00. The zero-order valence-electron chi connectivity index (χ0n) is 7.96. The van der Waals surface area contributed by atoms with Crippen LogP contribution < -0.4 is 5.32 Å². The smallest absolute Gasteiger partial charge is 0.0540 e. The predicted octanol–water partition coefficient (Wildman–Crippen LogP) is 1.56. The number of benzene rings is 1. The molecular weight excluding hydrogens is 198 g/mol. The Morgan fingerprint density at radius 1 is 1.36 bits per heavy atom. The second kappa shape index (κ2) is 3.89. The monoisotopic (exact) mass is 211 g/mol. The molecule has 0 amide bonds. The number of hydrogen-bond donors (Lipinski definition) is 2. The molecule has 1 unspecified atom stereocenters. The van der Waals surface area contributed by atoms with Gasteiger partial charge in [-0.1, -0.05) is 23.7 Å². The minimum atomic E-state index is -0.0927. The van der Waals surface area contributed by atoms with Crippen molar-refractivity contribution >= 4 is 11.6 Å². The van der Waals surface area contributed by atoms with Crippen LogP contribution in [-0.2, 0) is 5.41 Å². The van der Waals surface area contributed by atoms with E-state index in [2.05, 4.69) is 5.32 Å². The summed E-state index contributed by atoms with van der Waals surface area (Å²) in [5.74, 6) is 0. The van der Waals surface area contributed by atoms with E-state index in [-0.39, 0.29) is 12.0 Å². The number of nitrogens with one attached hydrogen (secondary N) is 1. The van der Waals surface area contributed by atoms with Crippen molar-refractivity contribution in [2.75, 3.05) is 19.7 Å². The highest BCUT2D eigenvalue weighted by Crippen LogP contribution is 2.30. The number of hydrogen-bond acceptors (Lipinski definition) is 2. The van der Waals surface area contributed by atoms with E-state index in [4.69, 9.17) is 11.6 Å². The Balaban J connectivity index is 2.31. The van der Waals surface area contributed by atoms with Crippen molar-refractivity contribution < 1.29 is 5.11 Å². The van der Waals surface area contributed by atoms with E-state index in [1.54, 1.807) is 0 Å². The zero-order chi connectivity index (χ0) is 10.0. The molecule has 2 N–H and O–H groups in total. The van der Waals surface area contributed by atoms with Crippen LogP contribution in [0, 0.1) is 0 Å². The van der Waals surface area contributed by atoms with Gasteiger partial charge in [-0.25, -0.2) is 0 Å². The van der Waals surface area contributed by atoms with Crippen LogP contribution in [-0.4, -0.2) is 24.8 Å². The first-order valence-corrected chi connectivity index (χ1v) is 5.22. The van der Waals surface area contributed by atoms with Crippen LogP contribution in [0.15, 0.2) is 24.3 Å². The fraction of sp³-hybridized carbons (Fsp3) is 0.455. The molecule has 0 radical (unpaired) electrons. The van der Waals surface area contributed by atoms with Gasteiger partial charge in [0.2, 0.25) is 0 Å². The fourth-order valence-electron chi connectivity index (χ4n) is 2.02. The summed E-state index contributed by atoms with van der Waals surface area (Å²) in [6.45, 7) is 2.02. The third-order valence-corrected chi connectivity index (χ3v) is 3.25. The lowest BCUT2D eigenvalue weighted by molar-refractivity contribution is 0.205. The van der Waals surface area contributed by atoms with Gasteiger partial charge in [0, 0.05) is 17.0 Å². The SMILES string of the molecule is OCC1(c2ccc(Cl)cc2)CCNC1. The van der Waals surface area contributed by atoms with E-state index in [9.17, 15) is 5.11 Å². The molecule has 1 aliphatic rings. The molecule has 0 spiro atoms. The van der Waals surface area contributed by atoms with Gasteiger partial charge in [0.25, 0.3) is 0 Å². The maximum Gasteiger partial charge on any atom is 0.0540 e. The highest BCUT2D eigenvalue weighted by atomic mass is 35.5. The highest BCUT2D eigenvalue weighted by Gasteiger charge is 2.34. The Kier molecular flexibility index (Phi) is 2.77. The number of aliphatic hydroxyl groups is 1. The van der Waals surface area contributed by atoms with Crippen LogP contribution in [0.25, 0.3) is 0 Å². The number of halogens is 1. The van der Waals surface area contributed by atoms with Crippen LogP contribution in [0.3, 0.4) is 0 Å². The van der Waals surface area contributed by atoms with Gasteiger partial charge in [0.1, 0.15) is 0 Å². The van der Waals surface area contributed by atoms with Crippen molar-refractivity contribution in [3.63, 3.8) is 0 Å². The van der Waals surface area contributed by atoms with Crippen LogP contribution >= 0.6 is 11.6 Å². The zero-order valence-corrected chi connectivity index (χ0v) is 8.72. The summed E-state index contributed by atoms with van der Waals surface area (Å²) in [7, 11) is 0. The molecule has 0 bridgehead atoms. The molecule has 1 atom stereocenters. The van der Waals surface area contributed by atoms with E-state index in [0.717, 1.165) is 24.5 Å². The Morgan fingerprint density at radius 3 is 2.57 bits per heavy atom. The average molecular weight is 212 g/mol.